The molecule has 0 bridgehead atoms. The van der Waals surface area contributed by atoms with Crippen molar-refractivity contribution in [1.82, 2.24) is 0 Å². The van der Waals surface area contributed by atoms with Gasteiger partial charge in [0.1, 0.15) is 17.4 Å². The molecule has 0 saturated carbocycles. The summed E-state index contributed by atoms with van der Waals surface area (Å²) in [5.41, 5.74) is 5.39. The third-order valence-corrected chi connectivity index (χ3v) is 4.46. The van der Waals surface area contributed by atoms with Crippen LogP contribution in [0.5, 0.6) is 17.2 Å². The number of hydrogen-bond acceptors (Lipinski definition) is 6. The molecule has 1 amide bonds. The second-order valence-corrected chi connectivity index (χ2v) is 7.05. The summed E-state index contributed by atoms with van der Waals surface area (Å²) in [6, 6.07) is 11.5. The normalized spacial score (nSPS) is 10.7. The van der Waals surface area contributed by atoms with E-state index in [0.717, 1.165) is 4.47 Å². The zero-order valence-corrected chi connectivity index (χ0v) is 17.7. The van der Waals surface area contributed by atoms with Crippen LogP contribution in [-0.4, -0.2) is 25.6 Å². The highest BCUT2D eigenvalue weighted by Gasteiger charge is 2.13. The van der Waals surface area contributed by atoms with Gasteiger partial charge >= 0.3 is 5.97 Å². The molecule has 2 N–H and O–H groups in total. The molecule has 9 heteroatoms. The topological polar surface area (TPSA) is 112 Å². The Bertz CT molecular complexity index is 983. The van der Waals surface area contributed by atoms with E-state index >= 15 is 0 Å². The highest BCUT2D eigenvalue weighted by Crippen LogP contribution is 2.30. The molecule has 0 spiro atoms. The SMILES string of the molecule is COc1cc(/C=C(\C#N)C(N)=O)ccc1OC(=O)COc1ccc(Br)cc1Br. The lowest BCUT2D eigenvalue weighted by Crippen LogP contribution is -2.18. The van der Waals surface area contributed by atoms with E-state index in [1.165, 1.54) is 25.3 Å². The minimum atomic E-state index is -0.840. The Morgan fingerprint density at radius 1 is 1.14 bits per heavy atom. The summed E-state index contributed by atoms with van der Waals surface area (Å²) >= 11 is 6.67. The van der Waals surface area contributed by atoms with Gasteiger partial charge < -0.3 is 19.9 Å². The maximum atomic E-state index is 12.1. The molecular weight excluding hydrogens is 496 g/mol. The number of nitriles is 1. The van der Waals surface area contributed by atoms with Crippen LogP contribution in [-0.2, 0) is 9.59 Å². The Labute approximate surface area is 177 Å². The number of amides is 1. The number of primary amides is 1. The van der Waals surface area contributed by atoms with Gasteiger partial charge in [0.15, 0.2) is 18.1 Å². The lowest BCUT2D eigenvalue weighted by molar-refractivity contribution is -0.136. The Hall–Kier alpha value is -2.83. The quantitative estimate of drug-likeness (QED) is 0.264. The van der Waals surface area contributed by atoms with Crippen LogP contribution in [0.25, 0.3) is 6.08 Å². The summed E-state index contributed by atoms with van der Waals surface area (Å²) in [7, 11) is 1.40. The van der Waals surface area contributed by atoms with Crippen LogP contribution in [0.1, 0.15) is 5.56 Å². The van der Waals surface area contributed by atoms with Gasteiger partial charge in [0, 0.05) is 4.47 Å². The van der Waals surface area contributed by atoms with Crippen molar-refractivity contribution in [2.45, 2.75) is 0 Å². The second-order valence-electron chi connectivity index (χ2n) is 5.28. The molecule has 0 atom stereocenters. The lowest BCUT2D eigenvalue weighted by atomic mass is 10.1. The minimum Gasteiger partial charge on any atom is -0.493 e. The van der Waals surface area contributed by atoms with E-state index in [1.54, 1.807) is 30.3 Å². The summed E-state index contributed by atoms with van der Waals surface area (Å²) in [5.74, 6) is -0.572. The highest BCUT2D eigenvalue weighted by molar-refractivity contribution is 9.11. The average molecular weight is 510 g/mol. The van der Waals surface area contributed by atoms with Crippen molar-refractivity contribution in [2.24, 2.45) is 5.73 Å². The van der Waals surface area contributed by atoms with E-state index in [9.17, 15) is 9.59 Å². The smallest absolute Gasteiger partial charge is 0.349 e. The molecule has 2 rings (SSSR count). The molecule has 0 fully saturated rings. The van der Waals surface area contributed by atoms with Gasteiger partial charge in [-0.2, -0.15) is 5.26 Å². The third kappa shape index (κ3) is 5.84. The number of esters is 1. The van der Waals surface area contributed by atoms with Crippen molar-refractivity contribution in [3.05, 3.63) is 56.5 Å². The number of nitrogens with zero attached hydrogens (tertiary/aromatic N) is 1. The van der Waals surface area contributed by atoms with Crippen molar-refractivity contribution in [3.63, 3.8) is 0 Å². The van der Waals surface area contributed by atoms with Crippen LogP contribution < -0.4 is 19.9 Å². The Morgan fingerprint density at radius 3 is 2.46 bits per heavy atom. The molecule has 144 valence electrons. The van der Waals surface area contributed by atoms with Crippen LogP contribution in [0.4, 0.5) is 0 Å². The minimum absolute atomic E-state index is 0.167. The van der Waals surface area contributed by atoms with Gasteiger partial charge in [-0.1, -0.05) is 22.0 Å². The second kappa shape index (κ2) is 9.92. The number of rotatable bonds is 7. The molecule has 28 heavy (non-hydrogen) atoms. The third-order valence-electron chi connectivity index (χ3n) is 3.35. The van der Waals surface area contributed by atoms with E-state index in [2.05, 4.69) is 31.9 Å². The van der Waals surface area contributed by atoms with Crippen molar-refractivity contribution in [2.75, 3.05) is 13.7 Å². The summed E-state index contributed by atoms with van der Waals surface area (Å²) < 4.78 is 17.5. The Balaban J connectivity index is 2.09. The first-order chi connectivity index (χ1) is 13.3. The number of carbonyl (C=O) groups is 2. The molecule has 0 aliphatic heterocycles. The van der Waals surface area contributed by atoms with Crippen molar-refractivity contribution in [1.29, 1.82) is 5.26 Å². The number of benzene rings is 2. The number of nitrogens with two attached hydrogens (primary N) is 1. The molecule has 0 unspecified atom stereocenters. The molecule has 2 aromatic carbocycles. The van der Waals surface area contributed by atoms with Gasteiger partial charge in [-0.25, -0.2) is 4.79 Å². The Morgan fingerprint density at radius 2 is 1.86 bits per heavy atom. The van der Waals surface area contributed by atoms with Gasteiger partial charge in [0.25, 0.3) is 5.91 Å². The number of ether oxygens (including phenoxy) is 3. The van der Waals surface area contributed by atoms with E-state index in [-0.39, 0.29) is 23.7 Å². The maximum Gasteiger partial charge on any atom is 0.349 e. The molecule has 0 aromatic heterocycles. The molecular formula is C19H14Br2N2O5. The number of methoxy groups -OCH3 is 1. The first-order valence-corrected chi connectivity index (χ1v) is 9.30. The van der Waals surface area contributed by atoms with Crippen LogP contribution in [0, 0.1) is 11.3 Å². The maximum absolute atomic E-state index is 12.1. The van der Waals surface area contributed by atoms with E-state index in [1.807, 2.05) is 0 Å². The summed E-state index contributed by atoms with van der Waals surface area (Å²) in [6.45, 7) is -0.314. The lowest BCUT2D eigenvalue weighted by Gasteiger charge is -2.11. The molecule has 2 aromatic rings. The van der Waals surface area contributed by atoms with Crippen LogP contribution in [0.3, 0.4) is 0 Å². The highest BCUT2D eigenvalue weighted by atomic mass is 79.9. The average Bonchev–Trinajstić information content (AvgIpc) is 2.66. The van der Waals surface area contributed by atoms with Crippen LogP contribution >= 0.6 is 31.9 Å². The fourth-order valence-electron chi connectivity index (χ4n) is 2.06. The molecule has 0 aliphatic carbocycles. The van der Waals surface area contributed by atoms with E-state index < -0.39 is 11.9 Å². The molecule has 0 aliphatic rings. The zero-order chi connectivity index (χ0) is 20.7. The number of halogens is 2. The fourth-order valence-corrected chi connectivity index (χ4v) is 3.23. The first-order valence-electron chi connectivity index (χ1n) is 7.72. The van der Waals surface area contributed by atoms with Crippen molar-refractivity contribution >= 4 is 49.8 Å². The number of carbonyl (C=O) groups excluding carboxylic acids is 2. The molecule has 0 radical (unpaired) electrons. The van der Waals surface area contributed by atoms with Crippen LogP contribution in [0.15, 0.2) is 50.9 Å². The first kappa shape index (κ1) is 21.5. The number of hydrogen-bond donors (Lipinski definition) is 1. The monoisotopic (exact) mass is 508 g/mol. The predicted octanol–water partition coefficient (Wildman–Crippen LogP) is 3.60. The standard InChI is InChI=1S/C19H14Br2N2O5/c1-26-17-7-11(6-12(9-22)19(23)25)2-4-16(17)28-18(24)10-27-15-5-3-13(20)8-14(15)21/h2-8H,10H2,1H3,(H2,23,25)/b12-6+. The summed E-state index contributed by atoms with van der Waals surface area (Å²) in [4.78, 5) is 23.2. The summed E-state index contributed by atoms with van der Waals surface area (Å²) in [6.07, 6.45) is 1.31. The largest absolute Gasteiger partial charge is 0.493 e. The fraction of sp³-hybridized carbons (Fsp3) is 0.105. The molecule has 7 nitrogen and oxygen atoms in total. The van der Waals surface area contributed by atoms with Gasteiger partial charge in [0.2, 0.25) is 0 Å². The van der Waals surface area contributed by atoms with Crippen molar-refractivity contribution < 1.29 is 23.8 Å². The zero-order valence-electron chi connectivity index (χ0n) is 14.6. The molecule has 0 heterocycles. The van der Waals surface area contributed by atoms with E-state index in [0.29, 0.717) is 15.8 Å². The van der Waals surface area contributed by atoms with Gasteiger partial charge in [-0.15, -0.1) is 0 Å². The predicted molar refractivity (Wildman–Crippen MR) is 109 cm³/mol. The molecule has 0 saturated heterocycles. The van der Waals surface area contributed by atoms with E-state index in [4.69, 9.17) is 25.2 Å². The van der Waals surface area contributed by atoms with Gasteiger partial charge in [0.05, 0.1) is 11.6 Å². The Kier molecular flexibility index (Phi) is 7.61. The van der Waals surface area contributed by atoms with Gasteiger partial charge in [-0.05, 0) is 57.9 Å². The van der Waals surface area contributed by atoms with Crippen molar-refractivity contribution in [3.8, 4) is 23.3 Å². The van der Waals surface area contributed by atoms with Gasteiger partial charge in [-0.3, -0.25) is 4.79 Å². The van der Waals surface area contributed by atoms with Crippen LogP contribution in [0.2, 0.25) is 0 Å². The summed E-state index contributed by atoms with van der Waals surface area (Å²) in [5, 5.41) is 8.91.